The maximum Gasteiger partial charge on any atom is 0.159 e. The van der Waals surface area contributed by atoms with E-state index in [0.29, 0.717) is 18.1 Å². The molecule has 0 aromatic carbocycles. The van der Waals surface area contributed by atoms with Gasteiger partial charge in [0.15, 0.2) is 5.78 Å². The van der Waals surface area contributed by atoms with Gasteiger partial charge in [0, 0.05) is 12.3 Å². The van der Waals surface area contributed by atoms with Gasteiger partial charge in [-0.15, -0.1) is 0 Å². The summed E-state index contributed by atoms with van der Waals surface area (Å²) in [5.41, 5.74) is 1.98. The molecule has 3 aliphatic rings. The Labute approximate surface area is 96.7 Å². The number of carbonyl (C=O) groups is 1. The number of ketones is 1. The van der Waals surface area contributed by atoms with Crippen LogP contribution in [-0.2, 0) is 4.79 Å². The number of fused-ring (bicyclic) bond motifs is 3. The fourth-order valence-electron chi connectivity index (χ4n) is 4.49. The minimum atomic E-state index is -0.508. The third-order valence-electron chi connectivity index (χ3n) is 4.89. The Morgan fingerprint density at radius 2 is 2.00 bits per heavy atom. The predicted molar refractivity (Wildman–Crippen MR) is 61.9 cm³/mol. The van der Waals surface area contributed by atoms with Crippen LogP contribution in [0.4, 0.5) is 0 Å². The van der Waals surface area contributed by atoms with Crippen molar-refractivity contribution < 1.29 is 9.90 Å². The van der Waals surface area contributed by atoms with Crippen molar-refractivity contribution in [2.45, 2.75) is 52.1 Å². The second-order valence-electron chi connectivity index (χ2n) is 6.81. The first-order chi connectivity index (χ1) is 7.32. The van der Waals surface area contributed by atoms with Crippen LogP contribution in [0.25, 0.3) is 0 Å². The molecule has 3 rings (SSSR count). The lowest BCUT2D eigenvalue weighted by atomic mass is 9.85. The van der Waals surface area contributed by atoms with E-state index in [1.54, 1.807) is 0 Å². The SMILES string of the molecule is CC1=C2[C@@H](CC1=O)C[C@]1(O)CC(C)(C)C[C@H]21. The Bertz CT molecular complexity index is 405. The van der Waals surface area contributed by atoms with Crippen LogP contribution in [0.5, 0.6) is 0 Å². The summed E-state index contributed by atoms with van der Waals surface area (Å²) in [5.74, 6) is 0.935. The average molecular weight is 220 g/mol. The van der Waals surface area contributed by atoms with Crippen LogP contribution in [0.3, 0.4) is 0 Å². The first kappa shape index (κ1) is 10.5. The van der Waals surface area contributed by atoms with Gasteiger partial charge in [0.05, 0.1) is 5.60 Å². The highest BCUT2D eigenvalue weighted by Crippen LogP contribution is 2.62. The molecule has 0 spiro atoms. The lowest BCUT2D eigenvalue weighted by molar-refractivity contribution is -0.115. The summed E-state index contributed by atoms with van der Waals surface area (Å²) in [4.78, 5) is 11.7. The summed E-state index contributed by atoms with van der Waals surface area (Å²) in [5, 5.41) is 10.7. The van der Waals surface area contributed by atoms with Crippen molar-refractivity contribution in [3.63, 3.8) is 0 Å². The molecule has 2 saturated carbocycles. The van der Waals surface area contributed by atoms with Crippen molar-refractivity contribution in [2.75, 3.05) is 0 Å². The van der Waals surface area contributed by atoms with Gasteiger partial charge >= 0.3 is 0 Å². The molecule has 0 aliphatic heterocycles. The zero-order chi connectivity index (χ0) is 11.7. The molecule has 0 aromatic heterocycles. The first-order valence-corrected chi connectivity index (χ1v) is 6.29. The molecule has 0 saturated heterocycles. The van der Waals surface area contributed by atoms with E-state index >= 15 is 0 Å². The highest BCUT2D eigenvalue weighted by atomic mass is 16.3. The second kappa shape index (κ2) is 2.79. The van der Waals surface area contributed by atoms with Crippen LogP contribution in [0, 0.1) is 17.3 Å². The van der Waals surface area contributed by atoms with Gasteiger partial charge in [-0.05, 0) is 43.1 Å². The van der Waals surface area contributed by atoms with Crippen LogP contribution < -0.4 is 0 Å². The Morgan fingerprint density at radius 3 is 2.69 bits per heavy atom. The Balaban J connectivity index is 2.04. The van der Waals surface area contributed by atoms with Gasteiger partial charge in [-0.2, -0.15) is 0 Å². The summed E-state index contributed by atoms with van der Waals surface area (Å²) < 4.78 is 0. The quantitative estimate of drug-likeness (QED) is 0.681. The van der Waals surface area contributed by atoms with Gasteiger partial charge in [-0.25, -0.2) is 0 Å². The zero-order valence-corrected chi connectivity index (χ0v) is 10.3. The molecule has 1 N–H and O–H groups in total. The normalized spacial score (nSPS) is 45.1. The second-order valence-corrected chi connectivity index (χ2v) is 6.81. The standard InChI is InChI=1S/C14H20O2/c1-8-11(15)4-9-5-14(16)7-13(2,3)6-10(14)12(8)9/h9-10,16H,4-7H2,1-3H3/t9-,10+,14-/m0/s1. The molecular weight excluding hydrogens is 200 g/mol. The van der Waals surface area contributed by atoms with Crippen molar-refractivity contribution in [2.24, 2.45) is 17.3 Å². The minimum absolute atomic E-state index is 0.226. The van der Waals surface area contributed by atoms with Gasteiger partial charge in [-0.1, -0.05) is 19.4 Å². The summed E-state index contributed by atoms with van der Waals surface area (Å²) in [6, 6.07) is 0. The van der Waals surface area contributed by atoms with Crippen LogP contribution in [0.1, 0.15) is 46.5 Å². The predicted octanol–water partition coefficient (Wildman–Crippen LogP) is 2.46. The van der Waals surface area contributed by atoms with E-state index in [1.807, 2.05) is 6.92 Å². The number of Topliss-reactive ketones (excluding diaryl/α,β-unsaturated/α-hetero) is 1. The van der Waals surface area contributed by atoms with Crippen molar-refractivity contribution >= 4 is 5.78 Å². The Kier molecular flexibility index (Phi) is 1.83. The molecule has 16 heavy (non-hydrogen) atoms. The minimum Gasteiger partial charge on any atom is -0.389 e. The maximum atomic E-state index is 11.7. The number of hydrogen-bond acceptors (Lipinski definition) is 2. The number of rotatable bonds is 0. The molecule has 3 atom stereocenters. The molecular formula is C14H20O2. The van der Waals surface area contributed by atoms with Crippen LogP contribution in [0.15, 0.2) is 11.1 Å². The number of hydrogen-bond donors (Lipinski definition) is 1. The molecule has 2 fully saturated rings. The smallest absolute Gasteiger partial charge is 0.159 e. The lowest BCUT2D eigenvalue weighted by Crippen LogP contribution is -2.29. The summed E-state index contributed by atoms with van der Waals surface area (Å²) in [6.07, 6.45) is 3.41. The van der Waals surface area contributed by atoms with E-state index in [9.17, 15) is 9.90 Å². The molecule has 2 nitrogen and oxygen atoms in total. The van der Waals surface area contributed by atoms with Gasteiger partial charge in [-0.3, -0.25) is 4.79 Å². The number of aliphatic hydroxyl groups is 1. The Hall–Kier alpha value is -0.630. The van der Waals surface area contributed by atoms with E-state index < -0.39 is 5.60 Å². The van der Waals surface area contributed by atoms with Crippen molar-refractivity contribution in [3.8, 4) is 0 Å². The van der Waals surface area contributed by atoms with Gasteiger partial charge in [0.2, 0.25) is 0 Å². The molecule has 88 valence electrons. The zero-order valence-electron chi connectivity index (χ0n) is 10.3. The fourth-order valence-corrected chi connectivity index (χ4v) is 4.49. The van der Waals surface area contributed by atoms with E-state index in [4.69, 9.17) is 0 Å². The molecule has 0 heterocycles. The highest BCUT2D eigenvalue weighted by molar-refractivity contribution is 5.99. The molecule has 0 radical (unpaired) electrons. The van der Waals surface area contributed by atoms with Gasteiger partial charge in [0.1, 0.15) is 0 Å². The third kappa shape index (κ3) is 1.20. The Morgan fingerprint density at radius 1 is 1.31 bits per heavy atom. The van der Waals surface area contributed by atoms with Gasteiger partial charge in [0.25, 0.3) is 0 Å². The molecule has 3 aliphatic carbocycles. The lowest BCUT2D eigenvalue weighted by Gasteiger charge is -2.24. The molecule has 0 unspecified atom stereocenters. The third-order valence-corrected chi connectivity index (χ3v) is 4.89. The van der Waals surface area contributed by atoms with Crippen molar-refractivity contribution in [1.82, 2.24) is 0 Å². The fraction of sp³-hybridized carbons (Fsp3) is 0.786. The molecule has 0 amide bonds. The van der Waals surface area contributed by atoms with E-state index in [0.717, 1.165) is 24.8 Å². The van der Waals surface area contributed by atoms with E-state index in [2.05, 4.69) is 13.8 Å². The number of carbonyl (C=O) groups excluding carboxylic acids is 1. The van der Waals surface area contributed by atoms with E-state index in [-0.39, 0.29) is 11.3 Å². The molecule has 2 heteroatoms. The average Bonchev–Trinajstić information content (AvgIpc) is 2.58. The van der Waals surface area contributed by atoms with Crippen LogP contribution in [0.2, 0.25) is 0 Å². The van der Waals surface area contributed by atoms with Crippen molar-refractivity contribution in [1.29, 1.82) is 0 Å². The highest BCUT2D eigenvalue weighted by Gasteiger charge is 2.59. The summed E-state index contributed by atoms with van der Waals surface area (Å²) in [7, 11) is 0. The van der Waals surface area contributed by atoms with Crippen LogP contribution >= 0.6 is 0 Å². The topological polar surface area (TPSA) is 37.3 Å². The number of allylic oxidation sites excluding steroid dienone is 1. The summed E-state index contributed by atoms with van der Waals surface area (Å²) >= 11 is 0. The first-order valence-electron chi connectivity index (χ1n) is 6.29. The monoisotopic (exact) mass is 220 g/mol. The molecule has 0 aromatic rings. The van der Waals surface area contributed by atoms with E-state index in [1.165, 1.54) is 5.57 Å². The van der Waals surface area contributed by atoms with Crippen LogP contribution in [-0.4, -0.2) is 16.5 Å². The van der Waals surface area contributed by atoms with Gasteiger partial charge < -0.3 is 5.11 Å². The summed E-state index contributed by atoms with van der Waals surface area (Å²) in [6.45, 7) is 6.41. The largest absolute Gasteiger partial charge is 0.389 e. The maximum absolute atomic E-state index is 11.7. The van der Waals surface area contributed by atoms with Crippen molar-refractivity contribution in [3.05, 3.63) is 11.1 Å². The molecule has 0 bridgehead atoms.